The van der Waals surface area contributed by atoms with Crippen LogP contribution < -0.4 is 9.64 Å². The van der Waals surface area contributed by atoms with E-state index in [1.807, 2.05) is 0 Å². The second kappa shape index (κ2) is 5.78. The summed E-state index contributed by atoms with van der Waals surface area (Å²) in [4.78, 5) is 34.4. The number of nitrogens with zero attached hydrogens (tertiary/aromatic N) is 2. The third-order valence-corrected chi connectivity index (χ3v) is 3.00. The van der Waals surface area contributed by atoms with Gasteiger partial charge in [-0.1, -0.05) is 0 Å². The summed E-state index contributed by atoms with van der Waals surface area (Å²) in [5.74, 6) is -1.54. The lowest BCUT2D eigenvalue weighted by molar-refractivity contribution is -0.384. The number of amides is 1. The van der Waals surface area contributed by atoms with Crippen LogP contribution in [0, 0.1) is 10.1 Å². The first-order chi connectivity index (χ1) is 11.1. The molecule has 1 aliphatic rings. The summed E-state index contributed by atoms with van der Waals surface area (Å²) in [6.45, 7) is -2.80. The molecule has 0 N–H and O–H groups in total. The monoisotopic (exact) mass is 297 g/mol. The van der Waals surface area contributed by atoms with E-state index in [-0.39, 0.29) is 30.0 Å². The summed E-state index contributed by atoms with van der Waals surface area (Å²) in [5, 5.41) is 10.9. The topological polar surface area (TPSA) is 99.0 Å². The van der Waals surface area contributed by atoms with Crippen molar-refractivity contribution in [2.75, 3.05) is 19.0 Å². The van der Waals surface area contributed by atoms with Gasteiger partial charge in [-0.05, 0) is 6.07 Å². The number of esters is 1. The van der Waals surface area contributed by atoms with Crippen molar-refractivity contribution in [2.45, 2.75) is 18.9 Å². The van der Waals surface area contributed by atoms with Crippen LogP contribution in [0.3, 0.4) is 0 Å². The van der Waals surface area contributed by atoms with Gasteiger partial charge in [-0.15, -0.1) is 0 Å². The van der Waals surface area contributed by atoms with Gasteiger partial charge in [0.2, 0.25) is 0 Å². The standard InChI is InChI=1S/C13H14N2O6/c1-14-9-4-3-8(15(18)19)7-11(9)21-10(13(14)17)5-6-12(16)20-2/h3-4,7,10H,5-6H2,1-2H3/i1D3. The Balaban J connectivity index is 2.40. The zero-order valence-electron chi connectivity index (χ0n) is 14.1. The quantitative estimate of drug-likeness (QED) is 0.471. The lowest BCUT2D eigenvalue weighted by Gasteiger charge is -2.31. The molecule has 1 atom stereocenters. The molecule has 0 saturated heterocycles. The fourth-order valence-electron chi connectivity index (χ4n) is 1.90. The number of non-ortho nitro benzene ring substituents is 1. The minimum atomic E-state index is -2.80. The zero-order valence-corrected chi connectivity index (χ0v) is 11.1. The fourth-order valence-corrected chi connectivity index (χ4v) is 1.90. The number of ether oxygens (including phenoxy) is 2. The van der Waals surface area contributed by atoms with Gasteiger partial charge in [-0.3, -0.25) is 19.7 Å². The van der Waals surface area contributed by atoms with E-state index < -0.39 is 29.9 Å². The molecule has 0 aromatic heterocycles. The van der Waals surface area contributed by atoms with Crippen molar-refractivity contribution in [1.29, 1.82) is 0 Å². The molecule has 0 spiro atoms. The predicted molar refractivity (Wildman–Crippen MR) is 72.2 cm³/mol. The minimum absolute atomic E-state index is 0.0834. The van der Waals surface area contributed by atoms with E-state index in [1.165, 1.54) is 7.11 Å². The summed E-state index contributed by atoms with van der Waals surface area (Å²) in [6.07, 6.45) is -1.52. The van der Waals surface area contributed by atoms with E-state index in [0.29, 0.717) is 4.90 Å². The molecule has 8 heteroatoms. The molecule has 1 heterocycles. The van der Waals surface area contributed by atoms with Crippen LogP contribution in [0.25, 0.3) is 0 Å². The first kappa shape index (κ1) is 11.1. The highest BCUT2D eigenvalue weighted by Crippen LogP contribution is 2.36. The summed E-state index contributed by atoms with van der Waals surface area (Å²) in [6, 6.07) is 3.28. The molecular weight excluding hydrogens is 280 g/mol. The molecule has 0 radical (unpaired) electrons. The summed E-state index contributed by atoms with van der Waals surface area (Å²) >= 11 is 0. The van der Waals surface area contributed by atoms with Gasteiger partial charge in [0.05, 0.1) is 23.8 Å². The average Bonchev–Trinajstić information content (AvgIpc) is 2.50. The Morgan fingerprint density at radius 1 is 1.62 bits per heavy atom. The molecule has 1 unspecified atom stereocenters. The number of nitro benzene ring substituents is 1. The van der Waals surface area contributed by atoms with Gasteiger partial charge in [0.25, 0.3) is 11.6 Å². The van der Waals surface area contributed by atoms with Gasteiger partial charge in [0.15, 0.2) is 11.9 Å². The molecule has 2 rings (SSSR count). The summed E-state index contributed by atoms with van der Waals surface area (Å²) in [5.41, 5.74) is -0.389. The number of hydrogen-bond donors (Lipinski definition) is 0. The van der Waals surface area contributed by atoms with E-state index in [4.69, 9.17) is 8.85 Å². The zero-order chi connectivity index (χ0) is 18.1. The van der Waals surface area contributed by atoms with E-state index >= 15 is 0 Å². The molecule has 1 aliphatic heterocycles. The Hall–Kier alpha value is -2.64. The Morgan fingerprint density at radius 3 is 3.00 bits per heavy atom. The highest BCUT2D eigenvalue weighted by molar-refractivity contribution is 5.99. The molecule has 1 amide bonds. The number of nitro groups is 1. The normalized spacial score (nSPS) is 19.7. The van der Waals surface area contributed by atoms with Crippen LogP contribution in [0.2, 0.25) is 0 Å². The molecule has 1 aromatic rings. The van der Waals surface area contributed by atoms with Gasteiger partial charge in [0.1, 0.15) is 0 Å². The van der Waals surface area contributed by atoms with E-state index in [1.54, 1.807) is 0 Å². The Bertz CT molecular complexity index is 691. The van der Waals surface area contributed by atoms with Crippen LogP contribution in [0.15, 0.2) is 18.2 Å². The summed E-state index contributed by atoms with van der Waals surface area (Å²) in [7, 11) is 1.18. The molecule has 0 bridgehead atoms. The van der Waals surface area contributed by atoms with Gasteiger partial charge >= 0.3 is 5.97 Å². The summed E-state index contributed by atoms with van der Waals surface area (Å²) < 4.78 is 32.5. The van der Waals surface area contributed by atoms with Crippen LogP contribution in [-0.2, 0) is 14.3 Å². The number of methoxy groups -OCH3 is 1. The molecule has 1 aromatic carbocycles. The largest absolute Gasteiger partial charge is 0.478 e. The second-order valence-corrected chi connectivity index (χ2v) is 4.30. The number of fused-ring (bicyclic) bond motifs is 1. The van der Waals surface area contributed by atoms with Crippen molar-refractivity contribution in [3.05, 3.63) is 28.3 Å². The number of carbonyl (C=O) groups excluding carboxylic acids is 2. The lowest BCUT2D eigenvalue weighted by atomic mass is 10.1. The van der Waals surface area contributed by atoms with Crippen LogP contribution in [-0.4, -0.2) is 37.0 Å². The van der Waals surface area contributed by atoms with Crippen molar-refractivity contribution >= 4 is 23.3 Å². The van der Waals surface area contributed by atoms with Crippen LogP contribution in [0.5, 0.6) is 5.75 Å². The van der Waals surface area contributed by atoms with Crippen LogP contribution >= 0.6 is 0 Å². The van der Waals surface area contributed by atoms with E-state index in [2.05, 4.69) is 4.74 Å². The lowest BCUT2D eigenvalue weighted by Crippen LogP contribution is -2.44. The molecule has 0 saturated carbocycles. The first-order valence-corrected chi connectivity index (χ1v) is 6.01. The van der Waals surface area contributed by atoms with Gasteiger partial charge in [-0.25, -0.2) is 0 Å². The van der Waals surface area contributed by atoms with Crippen molar-refractivity contribution in [1.82, 2.24) is 0 Å². The van der Waals surface area contributed by atoms with E-state index in [0.717, 1.165) is 18.2 Å². The first-order valence-electron chi connectivity index (χ1n) is 7.51. The molecular formula is C13H14N2O6. The molecule has 8 nitrogen and oxygen atoms in total. The number of rotatable bonds is 4. The number of hydrogen-bond acceptors (Lipinski definition) is 6. The van der Waals surface area contributed by atoms with Crippen molar-refractivity contribution in [3.8, 4) is 5.75 Å². The molecule has 112 valence electrons. The maximum absolute atomic E-state index is 12.4. The number of likely N-dealkylation sites (N-methyl/N-ethyl adjacent to an activating group) is 1. The number of carbonyl (C=O) groups is 2. The molecule has 21 heavy (non-hydrogen) atoms. The Morgan fingerprint density at radius 2 is 2.38 bits per heavy atom. The molecule has 0 aliphatic carbocycles. The van der Waals surface area contributed by atoms with E-state index in [9.17, 15) is 19.7 Å². The predicted octanol–water partition coefficient (Wildman–Crippen LogP) is 1.27. The van der Waals surface area contributed by atoms with Crippen LogP contribution in [0.4, 0.5) is 11.4 Å². The maximum atomic E-state index is 12.4. The second-order valence-electron chi connectivity index (χ2n) is 4.30. The Labute approximate surface area is 124 Å². The third kappa shape index (κ3) is 2.93. The smallest absolute Gasteiger partial charge is 0.305 e. The minimum Gasteiger partial charge on any atom is -0.478 e. The highest BCUT2D eigenvalue weighted by Gasteiger charge is 2.33. The SMILES string of the molecule is [2H]C([2H])([2H])N1C(=O)C(CCC(=O)OC)Oc2cc([N+](=O)[O-])ccc21. The van der Waals surface area contributed by atoms with Gasteiger partial charge < -0.3 is 14.4 Å². The van der Waals surface area contributed by atoms with Crippen molar-refractivity contribution < 1.29 is 28.1 Å². The highest BCUT2D eigenvalue weighted by atomic mass is 16.6. The number of benzene rings is 1. The average molecular weight is 297 g/mol. The Kier molecular flexibility index (Phi) is 3.04. The molecule has 0 fully saturated rings. The number of anilines is 1. The van der Waals surface area contributed by atoms with Gasteiger partial charge in [0, 0.05) is 30.0 Å². The van der Waals surface area contributed by atoms with Gasteiger partial charge in [-0.2, -0.15) is 0 Å². The van der Waals surface area contributed by atoms with Crippen molar-refractivity contribution in [2.24, 2.45) is 0 Å². The van der Waals surface area contributed by atoms with Crippen LogP contribution in [0.1, 0.15) is 17.0 Å². The third-order valence-electron chi connectivity index (χ3n) is 3.00. The fraction of sp³-hybridized carbons (Fsp3) is 0.385. The maximum Gasteiger partial charge on any atom is 0.305 e. The van der Waals surface area contributed by atoms with Crippen molar-refractivity contribution in [3.63, 3.8) is 0 Å².